The molecule has 1 aliphatic heterocycles. The second kappa shape index (κ2) is 7.11. The molecule has 0 N–H and O–H groups in total. The Kier molecular flexibility index (Phi) is 4.45. The molecule has 0 radical (unpaired) electrons. The molecule has 1 aromatic carbocycles. The molecule has 28 heavy (non-hydrogen) atoms. The lowest BCUT2D eigenvalue weighted by Gasteiger charge is -2.17. The molecule has 0 spiro atoms. The summed E-state index contributed by atoms with van der Waals surface area (Å²) in [5.74, 6) is 1.01. The summed E-state index contributed by atoms with van der Waals surface area (Å²) in [7, 11) is 2.07. The molecule has 1 aliphatic rings. The van der Waals surface area contributed by atoms with Crippen LogP contribution in [0.15, 0.2) is 59.8 Å². The zero-order valence-corrected chi connectivity index (χ0v) is 16.8. The van der Waals surface area contributed by atoms with Crippen LogP contribution in [0.5, 0.6) is 0 Å². The van der Waals surface area contributed by atoms with E-state index in [1.165, 1.54) is 17.6 Å². The Balaban J connectivity index is 1.32. The number of nitrogens with zero attached hydrogens (tertiary/aromatic N) is 4. The first-order valence-electron chi connectivity index (χ1n) is 9.53. The fraction of sp³-hybridized carbons (Fsp3) is 0.273. The summed E-state index contributed by atoms with van der Waals surface area (Å²) in [5, 5.41) is 2.30. The quantitative estimate of drug-likeness (QED) is 0.471. The average Bonchev–Trinajstić information content (AvgIpc) is 3.31. The van der Waals surface area contributed by atoms with Gasteiger partial charge in [-0.1, -0.05) is 17.7 Å². The molecule has 4 heterocycles. The van der Waals surface area contributed by atoms with Crippen LogP contribution < -0.4 is 4.90 Å². The minimum absolute atomic E-state index is 0.209. The monoisotopic (exact) mass is 390 g/mol. The van der Waals surface area contributed by atoms with Gasteiger partial charge in [0.2, 0.25) is 0 Å². The Morgan fingerprint density at radius 1 is 1.07 bits per heavy atom. The molecule has 6 heteroatoms. The van der Waals surface area contributed by atoms with E-state index in [9.17, 15) is 0 Å². The van der Waals surface area contributed by atoms with Crippen molar-refractivity contribution in [2.45, 2.75) is 24.3 Å². The molecule has 5 rings (SSSR count). The van der Waals surface area contributed by atoms with E-state index in [2.05, 4.69) is 64.8 Å². The molecule has 5 nitrogen and oxygen atoms in total. The molecule has 142 valence electrons. The van der Waals surface area contributed by atoms with Gasteiger partial charge in [-0.05, 0) is 43.7 Å². The van der Waals surface area contributed by atoms with Crippen molar-refractivity contribution >= 4 is 39.8 Å². The highest BCUT2D eigenvalue weighted by Gasteiger charge is 2.25. The van der Waals surface area contributed by atoms with E-state index in [1.807, 2.05) is 18.5 Å². The lowest BCUT2D eigenvalue weighted by Crippen LogP contribution is -2.22. The molecule has 3 aromatic heterocycles. The van der Waals surface area contributed by atoms with Crippen LogP contribution >= 0.6 is 12.0 Å². The van der Waals surface area contributed by atoms with Gasteiger partial charge in [0.15, 0.2) is 0 Å². The highest BCUT2D eigenvalue weighted by molar-refractivity contribution is 7.94. The van der Waals surface area contributed by atoms with Crippen LogP contribution in [-0.4, -0.2) is 33.7 Å². The summed E-state index contributed by atoms with van der Waals surface area (Å²) < 4.78 is 8.22. The van der Waals surface area contributed by atoms with Crippen LogP contribution in [0.3, 0.4) is 0 Å². The van der Waals surface area contributed by atoms with Crippen molar-refractivity contribution < 1.29 is 4.18 Å². The van der Waals surface area contributed by atoms with Crippen LogP contribution in [0.1, 0.15) is 12.0 Å². The van der Waals surface area contributed by atoms with Gasteiger partial charge in [-0.25, -0.2) is 4.98 Å². The predicted octanol–water partition coefficient (Wildman–Crippen LogP) is 4.73. The minimum Gasteiger partial charge on any atom is -0.354 e. The fourth-order valence-corrected chi connectivity index (χ4v) is 4.47. The van der Waals surface area contributed by atoms with Gasteiger partial charge in [-0.3, -0.25) is 4.98 Å². The number of aryl methyl sites for hydroxylation is 2. The number of hydrogen-bond acceptors (Lipinski definition) is 5. The normalized spacial score (nSPS) is 17.1. The topological polar surface area (TPSA) is 43.2 Å². The second-order valence-electron chi connectivity index (χ2n) is 7.34. The van der Waals surface area contributed by atoms with Crippen molar-refractivity contribution in [3.63, 3.8) is 0 Å². The first kappa shape index (κ1) is 17.5. The molecule has 0 bridgehead atoms. The largest absolute Gasteiger partial charge is 0.354 e. The number of anilines is 1. The van der Waals surface area contributed by atoms with E-state index in [0.717, 1.165) is 52.2 Å². The Labute approximate surface area is 168 Å². The lowest BCUT2D eigenvalue weighted by atomic mass is 10.2. The summed E-state index contributed by atoms with van der Waals surface area (Å²) in [6, 6.07) is 14.8. The van der Waals surface area contributed by atoms with E-state index in [4.69, 9.17) is 9.17 Å². The molecule has 0 aliphatic carbocycles. The molecule has 1 fully saturated rings. The first-order valence-corrected chi connectivity index (χ1v) is 10.3. The standard InChI is InChI=1S/C22H22N4OS/c1-15-3-5-17(6-4-15)28-27-16-10-12-26(14-16)21-8-7-18-19-13-23-11-9-20(19)25(2)22(18)24-21/h3-9,11,13,16H,10,12,14H2,1-2H3. The Hall–Kier alpha value is -2.57. The number of rotatable bonds is 4. The SMILES string of the molecule is Cc1ccc(SOC2CCN(c3ccc4c5cnccc5n(C)c4n3)C2)cc1. The van der Waals surface area contributed by atoms with E-state index < -0.39 is 0 Å². The smallest absolute Gasteiger partial charge is 0.143 e. The van der Waals surface area contributed by atoms with Gasteiger partial charge in [-0.15, -0.1) is 0 Å². The Bertz CT molecular complexity index is 1140. The van der Waals surface area contributed by atoms with Gasteiger partial charge in [0, 0.05) is 60.2 Å². The van der Waals surface area contributed by atoms with Crippen LogP contribution in [0.2, 0.25) is 0 Å². The van der Waals surface area contributed by atoms with E-state index in [1.54, 1.807) is 0 Å². The molecule has 1 atom stereocenters. The van der Waals surface area contributed by atoms with Gasteiger partial charge in [0.1, 0.15) is 11.5 Å². The van der Waals surface area contributed by atoms with Gasteiger partial charge < -0.3 is 13.7 Å². The zero-order chi connectivity index (χ0) is 19.1. The van der Waals surface area contributed by atoms with Crippen molar-refractivity contribution in [2.75, 3.05) is 18.0 Å². The van der Waals surface area contributed by atoms with Crippen molar-refractivity contribution in [3.8, 4) is 0 Å². The maximum atomic E-state index is 6.07. The van der Waals surface area contributed by atoms with E-state index >= 15 is 0 Å². The van der Waals surface area contributed by atoms with Crippen molar-refractivity contribution in [1.29, 1.82) is 0 Å². The highest BCUT2D eigenvalue weighted by Crippen LogP contribution is 2.30. The molecule has 0 amide bonds. The van der Waals surface area contributed by atoms with Crippen molar-refractivity contribution in [3.05, 3.63) is 60.4 Å². The summed E-state index contributed by atoms with van der Waals surface area (Å²) in [4.78, 5) is 12.7. The Morgan fingerprint density at radius 2 is 1.93 bits per heavy atom. The third kappa shape index (κ3) is 3.12. The maximum Gasteiger partial charge on any atom is 0.143 e. The summed E-state index contributed by atoms with van der Waals surface area (Å²) >= 11 is 1.47. The molecule has 4 aromatic rings. The van der Waals surface area contributed by atoms with Gasteiger partial charge in [0.25, 0.3) is 0 Å². The average molecular weight is 391 g/mol. The molecule has 0 saturated carbocycles. The highest BCUT2D eigenvalue weighted by atomic mass is 32.2. The predicted molar refractivity (Wildman–Crippen MR) is 115 cm³/mol. The molecular weight excluding hydrogens is 368 g/mol. The number of aromatic nitrogens is 3. The van der Waals surface area contributed by atoms with Gasteiger partial charge in [-0.2, -0.15) is 0 Å². The molecule has 1 unspecified atom stereocenters. The first-order chi connectivity index (χ1) is 13.7. The van der Waals surface area contributed by atoms with Gasteiger partial charge in [0.05, 0.1) is 11.6 Å². The van der Waals surface area contributed by atoms with Crippen molar-refractivity contribution in [1.82, 2.24) is 14.5 Å². The van der Waals surface area contributed by atoms with Crippen LogP contribution in [0.25, 0.3) is 21.9 Å². The van der Waals surface area contributed by atoms with Crippen molar-refractivity contribution in [2.24, 2.45) is 7.05 Å². The third-order valence-electron chi connectivity index (χ3n) is 5.40. The molecular formula is C22H22N4OS. The summed E-state index contributed by atoms with van der Waals surface area (Å²) in [6.45, 7) is 3.92. The maximum absolute atomic E-state index is 6.07. The zero-order valence-electron chi connectivity index (χ0n) is 16.0. The lowest BCUT2D eigenvalue weighted by molar-refractivity contribution is 0.268. The minimum atomic E-state index is 0.209. The number of fused-ring (bicyclic) bond motifs is 3. The molecule has 1 saturated heterocycles. The second-order valence-corrected chi connectivity index (χ2v) is 8.17. The fourth-order valence-electron chi connectivity index (χ4n) is 3.81. The number of hydrogen-bond donors (Lipinski definition) is 0. The van der Waals surface area contributed by atoms with Gasteiger partial charge >= 0.3 is 0 Å². The number of pyridine rings is 2. The summed E-state index contributed by atoms with van der Waals surface area (Å²) in [6.07, 6.45) is 4.97. The van der Waals surface area contributed by atoms with E-state index in [0.29, 0.717) is 0 Å². The van der Waals surface area contributed by atoms with Crippen LogP contribution in [0.4, 0.5) is 5.82 Å². The van der Waals surface area contributed by atoms with Crippen LogP contribution in [-0.2, 0) is 11.2 Å². The number of benzene rings is 1. The third-order valence-corrected chi connectivity index (χ3v) is 6.23. The van der Waals surface area contributed by atoms with E-state index in [-0.39, 0.29) is 6.10 Å². The Morgan fingerprint density at radius 3 is 2.79 bits per heavy atom. The summed E-state index contributed by atoms with van der Waals surface area (Å²) in [5.41, 5.74) is 3.42. The van der Waals surface area contributed by atoms with Crippen LogP contribution in [0, 0.1) is 6.92 Å².